The van der Waals surface area contributed by atoms with E-state index in [4.69, 9.17) is 0 Å². The number of nitrogens with zero attached hydrogens (tertiary/aromatic N) is 1. The molecule has 7 nitrogen and oxygen atoms in total. The number of aldehydes is 1. The highest BCUT2D eigenvalue weighted by molar-refractivity contribution is 5.82. The van der Waals surface area contributed by atoms with Crippen LogP contribution in [0.3, 0.4) is 0 Å². The zero-order valence-corrected chi connectivity index (χ0v) is 7.78. The molecule has 1 aromatic heterocycles. The molecule has 0 bridgehead atoms. The highest BCUT2D eigenvalue weighted by Gasteiger charge is 2.37. The van der Waals surface area contributed by atoms with Crippen molar-refractivity contribution in [2.24, 2.45) is 0 Å². The van der Waals surface area contributed by atoms with Crippen LogP contribution in [0.25, 0.3) is 0 Å². The van der Waals surface area contributed by atoms with Crippen LogP contribution in [0.15, 0.2) is 11.0 Å². The zero-order valence-electron chi connectivity index (χ0n) is 7.78. The molecule has 1 heterocycles. The molecule has 0 spiro atoms. The van der Waals surface area contributed by atoms with Crippen molar-refractivity contribution in [3.8, 4) is 5.75 Å². The SMILES string of the molecule is O=Cc1c[nH]c(=O)c(OC(F)(F)F)c1[N+](=O)[O-]. The molecule has 0 radical (unpaired) electrons. The third kappa shape index (κ3) is 2.80. The van der Waals surface area contributed by atoms with Crippen LogP contribution in [0.4, 0.5) is 18.9 Å². The van der Waals surface area contributed by atoms with Gasteiger partial charge in [0.25, 0.3) is 11.3 Å². The molecule has 0 aliphatic rings. The van der Waals surface area contributed by atoms with E-state index in [2.05, 4.69) is 4.74 Å². The van der Waals surface area contributed by atoms with Gasteiger partial charge in [0.05, 0.1) is 4.92 Å². The van der Waals surface area contributed by atoms with Crippen molar-refractivity contribution in [3.63, 3.8) is 0 Å². The molecule has 0 fully saturated rings. The van der Waals surface area contributed by atoms with E-state index >= 15 is 0 Å². The molecule has 1 N–H and O–H groups in total. The van der Waals surface area contributed by atoms with Gasteiger partial charge >= 0.3 is 12.0 Å². The van der Waals surface area contributed by atoms with Gasteiger partial charge in [-0.15, -0.1) is 13.2 Å². The lowest BCUT2D eigenvalue weighted by Gasteiger charge is -2.08. The first-order chi connectivity index (χ1) is 7.76. The van der Waals surface area contributed by atoms with Crippen LogP contribution in [-0.4, -0.2) is 22.6 Å². The van der Waals surface area contributed by atoms with E-state index in [9.17, 15) is 32.9 Å². The van der Waals surface area contributed by atoms with Gasteiger partial charge in [-0.1, -0.05) is 0 Å². The number of rotatable bonds is 3. The third-order valence-corrected chi connectivity index (χ3v) is 1.58. The van der Waals surface area contributed by atoms with E-state index in [1.807, 2.05) is 0 Å². The molecule has 0 aliphatic heterocycles. The molecular formula is C7H3F3N2O5. The summed E-state index contributed by atoms with van der Waals surface area (Å²) in [6.07, 6.45) is -4.73. The van der Waals surface area contributed by atoms with Crippen LogP contribution < -0.4 is 10.3 Å². The van der Waals surface area contributed by atoms with Crippen molar-refractivity contribution in [2.75, 3.05) is 0 Å². The van der Waals surface area contributed by atoms with E-state index in [-0.39, 0.29) is 6.29 Å². The van der Waals surface area contributed by atoms with E-state index in [1.54, 1.807) is 4.98 Å². The van der Waals surface area contributed by atoms with Crippen molar-refractivity contribution in [1.82, 2.24) is 4.98 Å². The molecule has 0 aliphatic carbocycles. The van der Waals surface area contributed by atoms with Crippen molar-refractivity contribution in [3.05, 3.63) is 32.2 Å². The molecule has 17 heavy (non-hydrogen) atoms. The Balaban J connectivity index is 3.50. The first-order valence-electron chi connectivity index (χ1n) is 3.87. The maximum atomic E-state index is 11.9. The number of carbonyl (C=O) groups is 1. The second-order valence-electron chi connectivity index (χ2n) is 2.67. The topological polar surface area (TPSA) is 102 Å². The highest BCUT2D eigenvalue weighted by Crippen LogP contribution is 2.30. The average Bonchev–Trinajstić information content (AvgIpc) is 2.18. The molecule has 1 aromatic rings. The lowest BCUT2D eigenvalue weighted by atomic mass is 10.2. The van der Waals surface area contributed by atoms with E-state index in [0.717, 1.165) is 0 Å². The normalized spacial score (nSPS) is 11.0. The lowest BCUT2D eigenvalue weighted by Crippen LogP contribution is -2.24. The van der Waals surface area contributed by atoms with Crippen LogP contribution in [0.1, 0.15) is 10.4 Å². The maximum absolute atomic E-state index is 11.9. The minimum absolute atomic E-state index is 0.0721. The van der Waals surface area contributed by atoms with E-state index < -0.39 is 33.8 Å². The summed E-state index contributed by atoms with van der Waals surface area (Å²) >= 11 is 0. The predicted octanol–water partition coefficient (Wildman–Crippen LogP) is 0.994. The summed E-state index contributed by atoms with van der Waals surface area (Å²) in [5, 5.41) is 10.5. The molecule has 0 aromatic carbocycles. The number of hydrogen-bond donors (Lipinski definition) is 1. The van der Waals surface area contributed by atoms with Crippen molar-refractivity contribution < 1.29 is 27.6 Å². The number of carbonyl (C=O) groups excluding carboxylic acids is 1. The molecule has 92 valence electrons. The summed E-state index contributed by atoms with van der Waals surface area (Å²) in [4.78, 5) is 32.3. The fraction of sp³-hybridized carbons (Fsp3) is 0.143. The molecule has 0 saturated heterocycles. The van der Waals surface area contributed by atoms with Gasteiger partial charge in [0, 0.05) is 6.20 Å². The van der Waals surface area contributed by atoms with Crippen LogP contribution >= 0.6 is 0 Å². The van der Waals surface area contributed by atoms with Crippen molar-refractivity contribution in [1.29, 1.82) is 0 Å². The fourth-order valence-corrected chi connectivity index (χ4v) is 1.00. The highest BCUT2D eigenvalue weighted by atomic mass is 19.4. The van der Waals surface area contributed by atoms with Gasteiger partial charge in [-0.3, -0.25) is 19.7 Å². The molecule has 0 unspecified atom stereocenters. The predicted molar refractivity (Wildman–Crippen MR) is 45.8 cm³/mol. The Hall–Kier alpha value is -2.39. The summed E-state index contributed by atoms with van der Waals surface area (Å²) in [5.41, 5.74) is -3.52. The number of H-pyrrole nitrogens is 1. The Morgan fingerprint density at radius 1 is 1.47 bits per heavy atom. The summed E-state index contributed by atoms with van der Waals surface area (Å²) in [7, 11) is 0. The van der Waals surface area contributed by atoms with Crippen LogP contribution in [0, 0.1) is 10.1 Å². The number of aromatic amines is 1. The van der Waals surface area contributed by atoms with Gasteiger partial charge in [-0.05, 0) is 0 Å². The first-order valence-corrected chi connectivity index (χ1v) is 3.87. The molecule has 0 saturated carbocycles. The second-order valence-corrected chi connectivity index (χ2v) is 2.67. The molecule has 1 rings (SSSR count). The molecule has 10 heteroatoms. The quantitative estimate of drug-likeness (QED) is 0.491. The summed E-state index contributed by atoms with van der Waals surface area (Å²) in [6, 6.07) is 0. The second kappa shape index (κ2) is 4.23. The van der Waals surface area contributed by atoms with E-state index in [1.165, 1.54) is 0 Å². The molecule has 0 atom stereocenters. The van der Waals surface area contributed by atoms with Gasteiger partial charge in [0.2, 0.25) is 0 Å². The number of ether oxygens (including phenoxy) is 1. The number of nitro groups is 1. The van der Waals surface area contributed by atoms with Crippen LogP contribution in [-0.2, 0) is 0 Å². The smallest absolute Gasteiger partial charge is 0.392 e. The Bertz CT molecular complexity index is 521. The van der Waals surface area contributed by atoms with Gasteiger partial charge in [0.1, 0.15) is 5.56 Å². The fourth-order valence-electron chi connectivity index (χ4n) is 1.00. The Labute approximate surface area is 90.0 Å². The standard InChI is InChI=1S/C7H3F3N2O5/c8-7(9,10)17-5-4(12(15)16)3(2-13)1-11-6(5)14/h1-2H,(H,11,14). The van der Waals surface area contributed by atoms with E-state index in [0.29, 0.717) is 6.20 Å². The Morgan fingerprint density at radius 3 is 2.47 bits per heavy atom. The number of nitrogens with one attached hydrogen (secondary N) is 1. The lowest BCUT2D eigenvalue weighted by molar-refractivity contribution is -0.389. The number of pyridine rings is 1. The van der Waals surface area contributed by atoms with Crippen molar-refractivity contribution in [2.45, 2.75) is 6.36 Å². The number of halogens is 3. The van der Waals surface area contributed by atoms with Gasteiger partial charge in [-0.2, -0.15) is 0 Å². The average molecular weight is 252 g/mol. The number of aromatic nitrogens is 1. The molecule has 0 amide bonds. The maximum Gasteiger partial charge on any atom is 0.573 e. The van der Waals surface area contributed by atoms with Crippen molar-refractivity contribution >= 4 is 12.0 Å². The third-order valence-electron chi connectivity index (χ3n) is 1.58. The summed E-state index contributed by atoms with van der Waals surface area (Å²) in [5.74, 6) is -1.58. The zero-order chi connectivity index (χ0) is 13.2. The minimum Gasteiger partial charge on any atom is -0.392 e. The van der Waals surface area contributed by atoms with Crippen LogP contribution in [0.5, 0.6) is 5.75 Å². The Kier molecular flexibility index (Phi) is 3.16. The largest absolute Gasteiger partial charge is 0.573 e. The van der Waals surface area contributed by atoms with Gasteiger partial charge < -0.3 is 9.72 Å². The minimum atomic E-state index is -5.28. The summed E-state index contributed by atoms with van der Waals surface area (Å²) in [6.45, 7) is 0. The number of hydrogen-bond acceptors (Lipinski definition) is 5. The van der Waals surface area contributed by atoms with Gasteiger partial charge in [-0.25, -0.2) is 0 Å². The summed E-state index contributed by atoms with van der Waals surface area (Å²) < 4.78 is 39.0. The Morgan fingerprint density at radius 2 is 2.06 bits per heavy atom. The monoisotopic (exact) mass is 252 g/mol. The number of alkyl halides is 3. The van der Waals surface area contributed by atoms with Gasteiger partial charge in [0.15, 0.2) is 6.29 Å². The molecular weight excluding hydrogens is 249 g/mol. The first kappa shape index (κ1) is 12.7. The van der Waals surface area contributed by atoms with Crippen LogP contribution in [0.2, 0.25) is 0 Å².